The van der Waals surface area contributed by atoms with Gasteiger partial charge < -0.3 is 44.7 Å². The molecular formula is C17H31NO9. The van der Waals surface area contributed by atoms with Gasteiger partial charge in [-0.1, -0.05) is 13.8 Å². The first-order valence-electron chi connectivity index (χ1n) is 9.17. The van der Waals surface area contributed by atoms with Gasteiger partial charge in [0.1, 0.15) is 31.0 Å². The number of rotatable bonds is 7. The lowest BCUT2D eigenvalue weighted by molar-refractivity contribution is -0.321. The summed E-state index contributed by atoms with van der Waals surface area (Å²) in [7, 11) is 1.23. The van der Waals surface area contributed by atoms with Gasteiger partial charge in [-0.25, -0.2) is 4.79 Å². The predicted octanol–water partition coefficient (Wildman–Crippen LogP) is -1.86. The van der Waals surface area contributed by atoms with Crippen molar-refractivity contribution in [1.29, 1.82) is 0 Å². The Morgan fingerprint density at radius 1 is 1.22 bits per heavy atom. The second-order valence-corrected chi connectivity index (χ2v) is 6.96. The minimum Gasteiger partial charge on any atom is -0.467 e. The van der Waals surface area contributed by atoms with E-state index < -0.39 is 61.3 Å². The van der Waals surface area contributed by atoms with Crippen molar-refractivity contribution < 1.29 is 43.8 Å². The average molecular weight is 393 g/mol. The van der Waals surface area contributed by atoms with Gasteiger partial charge in [0.05, 0.1) is 38.6 Å². The molecule has 2 saturated heterocycles. The summed E-state index contributed by atoms with van der Waals surface area (Å²) in [6, 6.07) is -0.595. The summed E-state index contributed by atoms with van der Waals surface area (Å²) in [4.78, 5) is 11.4. The average Bonchev–Trinajstić information content (AvgIpc) is 2.67. The van der Waals surface area contributed by atoms with Crippen LogP contribution < -0.4 is 5.73 Å². The van der Waals surface area contributed by atoms with E-state index in [1.54, 1.807) is 6.92 Å². The second kappa shape index (κ2) is 10.1. The molecule has 2 aliphatic heterocycles. The molecule has 0 radical (unpaired) electrons. The minimum absolute atomic E-state index is 0.226. The maximum atomic E-state index is 11.4. The molecule has 0 aromatic rings. The number of methoxy groups -OCH3 is 1. The zero-order valence-electron chi connectivity index (χ0n) is 15.9. The van der Waals surface area contributed by atoms with E-state index in [-0.39, 0.29) is 19.3 Å². The van der Waals surface area contributed by atoms with E-state index in [9.17, 15) is 20.1 Å². The third-order valence-corrected chi connectivity index (χ3v) is 5.11. The Labute approximate surface area is 158 Å². The molecule has 0 spiro atoms. The van der Waals surface area contributed by atoms with Gasteiger partial charge >= 0.3 is 5.97 Å². The Hall–Kier alpha value is -0.850. The minimum atomic E-state index is -1.16. The fraction of sp³-hybridized carbons (Fsp3) is 0.941. The van der Waals surface area contributed by atoms with Crippen LogP contribution in [0.5, 0.6) is 0 Å². The van der Waals surface area contributed by atoms with Crippen LogP contribution in [0, 0.1) is 5.92 Å². The number of esters is 1. The van der Waals surface area contributed by atoms with Gasteiger partial charge in [-0.2, -0.15) is 0 Å². The van der Waals surface area contributed by atoms with E-state index in [4.69, 9.17) is 24.7 Å². The summed E-state index contributed by atoms with van der Waals surface area (Å²) in [6.45, 7) is 3.03. The molecule has 27 heavy (non-hydrogen) atoms. The van der Waals surface area contributed by atoms with Crippen molar-refractivity contribution in [3.8, 4) is 0 Å². The van der Waals surface area contributed by atoms with E-state index in [0.717, 1.165) is 0 Å². The molecule has 10 heteroatoms. The number of ether oxygens (including phenoxy) is 5. The lowest BCUT2D eigenvalue weighted by Crippen LogP contribution is -2.62. The zero-order chi connectivity index (χ0) is 20.1. The number of aliphatic hydroxyl groups is 3. The van der Waals surface area contributed by atoms with Crippen LogP contribution >= 0.6 is 0 Å². The van der Waals surface area contributed by atoms with E-state index in [0.29, 0.717) is 6.42 Å². The summed E-state index contributed by atoms with van der Waals surface area (Å²) >= 11 is 0. The Bertz CT molecular complexity index is 477. The predicted molar refractivity (Wildman–Crippen MR) is 91.6 cm³/mol. The van der Waals surface area contributed by atoms with Gasteiger partial charge in [0.15, 0.2) is 6.29 Å². The lowest BCUT2D eigenvalue weighted by atomic mass is 9.91. The molecule has 158 valence electrons. The monoisotopic (exact) mass is 393 g/mol. The number of aliphatic hydroxyl groups excluding tert-OH is 3. The normalized spacial score (nSPS) is 42.7. The maximum absolute atomic E-state index is 11.4. The van der Waals surface area contributed by atoms with Crippen molar-refractivity contribution in [3.63, 3.8) is 0 Å². The van der Waals surface area contributed by atoms with Crippen LogP contribution in [0.4, 0.5) is 0 Å². The maximum Gasteiger partial charge on any atom is 0.331 e. The molecule has 0 aromatic heterocycles. The van der Waals surface area contributed by atoms with E-state index in [1.807, 2.05) is 6.92 Å². The molecule has 10 nitrogen and oxygen atoms in total. The quantitative estimate of drug-likeness (QED) is 0.363. The molecular weight excluding hydrogens is 362 g/mol. The van der Waals surface area contributed by atoms with Gasteiger partial charge in [-0.3, -0.25) is 0 Å². The van der Waals surface area contributed by atoms with Crippen molar-refractivity contribution in [2.24, 2.45) is 11.7 Å². The van der Waals surface area contributed by atoms with Crippen LogP contribution in [-0.2, 0) is 28.5 Å². The van der Waals surface area contributed by atoms with Gasteiger partial charge in [0, 0.05) is 5.92 Å². The molecule has 0 aromatic carbocycles. The number of nitrogens with two attached hydrogens (primary N) is 1. The summed E-state index contributed by atoms with van der Waals surface area (Å²) in [6.07, 6.45) is -5.33. The fourth-order valence-electron chi connectivity index (χ4n) is 3.40. The third-order valence-electron chi connectivity index (χ3n) is 5.11. The SMILES string of the molecule is CCC1OCC(N)[C@@H](O)[C@@H]1OC1OC(CO)[C@@H](O)[C@H](OCC(=O)OC)C1C. The first-order valence-corrected chi connectivity index (χ1v) is 9.17. The summed E-state index contributed by atoms with van der Waals surface area (Å²) in [5, 5.41) is 30.3. The van der Waals surface area contributed by atoms with Crippen LogP contribution in [-0.4, -0.2) is 97.2 Å². The van der Waals surface area contributed by atoms with Crippen molar-refractivity contribution in [1.82, 2.24) is 0 Å². The highest BCUT2D eigenvalue weighted by Gasteiger charge is 2.47. The summed E-state index contributed by atoms with van der Waals surface area (Å²) in [5.41, 5.74) is 5.87. The standard InChI is InChI=1S/C17H31NO9/c1-4-10-16(13(21)9(18)6-24-10)27-17-8(2)15(25-7-12(20)23-3)14(22)11(5-19)26-17/h8-11,13-17,19,21-22H,4-7,18H2,1-3H3/t8?,9?,10?,11?,13-,14-,15-,16-,17?/m1/s1. The van der Waals surface area contributed by atoms with Gasteiger partial charge in [-0.15, -0.1) is 0 Å². The molecule has 0 bridgehead atoms. The first-order chi connectivity index (χ1) is 12.8. The van der Waals surface area contributed by atoms with E-state index >= 15 is 0 Å². The molecule has 0 saturated carbocycles. The van der Waals surface area contributed by atoms with E-state index in [1.165, 1.54) is 7.11 Å². The van der Waals surface area contributed by atoms with Crippen molar-refractivity contribution in [2.45, 2.75) is 69.2 Å². The van der Waals surface area contributed by atoms with Gasteiger partial charge in [-0.05, 0) is 6.42 Å². The zero-order valence-corrected chi connectivity index (χ0v) is 15.9. The molecule has 0 aliphatic carbocycles. The molecule has 2 rings (SSSR count). The van der Waals surface area contributed by atoms with Gasteiger partial charge in [0.25, 0.3) is 0 Å². The van der Waals surface area contributed by atoms with Crippen molar-refractivity contribution in [3.05, 3.63) is 0 Å². The molecule has 9 atom stereocenters. The van der Waals surface area contributed by atoms with Gasteiger partial charge in [0.2, 0.25) is 0 Å². The molecule has 2 heterocycles. The highest BCUT2D eigenvalue weighted by Crippen LogP contribution is 2.32. The molecule has 2 fully saturated rings. The number of hydrogen-bond donors (Lipinski definition) is 4. The number of carbonyl (C=O) groups is 1. The smallest absolute Gasteiger partial charge is 0.331 e. The van der Waals surface area contributed by atoms with Crippen LogP contribution in [0.15, 0.2) is 0 Å². The molecule has 5 N–H and O–H groups in total. The Morgan fingerprint density at radius 2 is 1.93 bits per heavy atom. The largest absolute Gasteiger partial charge is 0.467 e. The van der Waals surface area contributed by atoms with E-state index in [2.05, 4.69) is 4.74 Å². The highest BCUT2D eigenvalue weighted by atomic mass is 16.7. The van der Waals surface area contributed by atoms with Crippen molar-refractivity contribution >= 4 is 5.97 Å². The molecule has 0 amide bonds. The second-order valence-electron chi connectivity index (χ2n) is 6.96. The molecule has 2 aliphatic rings. The Morgan fingerprint density at radius 3 is 2.52 bits per heavy atom. The van der Waals surface area contributed by atoms with Crippen LogP contribution in [0.25, 0.3) is 0 Å². The first kappa shape index (κ1) is 22.4. The van der Waals surface area contributed by atoms with Crippen LogP contribution in [0.1, 0.15) is 20.3 Å². The lowest BCUT2D eigenvalue weighted by Gasteiger charge is -2.46. The number of carbonyl (C=O) groups excluding carboxylic acids is 1. The third kappa shape index (κ3) is 5.15. The summed E-state index contributed by atoms with van der Waals surface area (Å²) < 4.78 is 27.3. The Kier molecular flexibility index (Phi) is 8.38. The van der Waals surface area contributed by atoms with Crippen LogP contribution in [0.2, 0.25) is 0 Å². The van der Waals surface area contributed by atoms with Crippen molar-refractivity contribution in [2.75, 3.05) is 26.9 Å². The fourth-order valence-corrected chi connectivity index (χ4v) is 3.40. The topological polar surface area (TPSA) is 150 Å². The van der Waals surface area contributed by atoms with Crippen LogP contribution in [0.3, 0.4) is 0 Å². The molecule has 5 unspecified atom stereocenters. The Balaban J connectivity index is 2.12. The highest BCUT2D eigenvalue weighted by molar-refractivity contribution is 5.70. The number of hydrogen-bond acceptors (Lipinski definition) is 10. The summed E-state index contributed by atoms with van der Waals surface area (Å²) in [5.74, 6) is -1.10.